The van der Waals surface area contributed by atoms with Crippen LogP contribution in [0.3, 0.4) is 0 Å². The Labute approximate surface area is 109 Å². The molecule has 2 aliphatic heterocycles. The van der Waals surface area contributed by atoms with E-state index >= 15 is 0 Å². The minimum Gasteiger partial charge on any atom is -0.340 e. The highest BCUT2D eigenvalue weighted by molar-refractivity contribution is 7.92. The number of nitrogens with zero attached hydrogens (tertiary/aromatic N) is 1. The Hall–Kier alpha value is -0.620. The second-order valence-electron chi connectivity index (χ2n) is 5.88. The summed E-state index contributed by atoms with van der Waals surface area (Å²) in [6.07, 6.45) is 1.93. The molecule has 0 radical (unpaired) electrons. The van der Waals surface area contributed by atoms with Crippen LogP contribution in [0.1, 0.15) is 26.7 Å². The zero-order valence-corrected chi connectivity index (χ0v) is 11.9. The van der Waals surface area contributed by atoms with Crippen LogP contribution in [0.4, 0.5) is 0 Å². The van der Waals surface area contributed by atoms with E-state index in [-0.39, 0.29) is 17.6 Å². The molecule has 2 heterocycles. The summed E-state index contributed by atoms with van der Waals surface area (Å²) in [4.78, 5) is 14.1. The third-order valence-electron chi connectivity index (χ3n) is 4.00. The van der Waals surface area contributed by atoms with Crippen molar-refractivity contribution in [2.45, 2.75) is 31.4 Å². The summed E-state index contributed by atoms with van der Waals surface area (Å²) in [5, 5.41) is 3.23. The largest absolute Gasteiger partial charge is 0.340 e. The van der Waals surface area contributed by atoms with Crippen molar-refractivity contribution in [1.82, 2.24) is 10.2 Å². The Bertz CT molecular complexity index is 425. The fourth-order valence-corrected chi connectivity index (χ4v) is 4.02. The quantitative estimate of drug-likeness (QED) is 0.732. The van der Waals surface area contributed by atoms with E-state index in [1.165, 1.54) is 0 Å². The number of hydrogen-bond donors (Lipinski definition) is 1. The standard InChI is InChI=1S/C12H22N2O3S/c1-12(2)9-14(6-7-18(12,16)17)11(15)10-4-3-5-13-8-10/h10,13H,3-9H2,1-2H3. The number of nitrogens with one attached hydrogen (secondary N) is 1. The van der Waals surface area contributed by atoms with Crippen molar-refractivity contribution in [3.8, 4) is 0 Å². The highest BCUT2D eigenvalue weighted by Crippen LogP contribution is 2.25. The second kappa shape index (κ2) is 4.81. The number of hydrogen-bond acceptors (Lipinski definition) is 4. The van der Waals surface area contributed by atoms with Crippen molar-refractivity contribution in [1.29, 1.82) is 0 Å². The lowest BCUT2D eigenvalue weighted by molar-refractivity contribution is -0.136. The molecule has 2 fully saturated rings. The number of amides is 1. The van der Waals surface area contributed by atoms with Crippen LogP contribution in [0.15, 0.2) is 0 Å². The van der Waals surface area contributed by atoms with E-state index in [0.717, 1.165) is 25.9 Å². The van der Waals surface area contributed by atoms with Crippen LogP contribution in [0.5, 0.6) is 0 Å². The number of rotatable bonds is 1. The molecule has 2 rings (SSSR count). The normalized spacial score (nSPS) is 31.0. The van der Waals surface area contributed by atoms with Crippen molar-refractivity contribution in [3.05, 3.63) is 0 Å². The van der Waals surface area contributed by atoms with Crippen molar-refractivity contribution >= 4 is 15.7 Å². The van der Waals surface area contributed by atoms with E-state index in [1.54, 1.807) is 18.7 Å². The van der Waals surface area contributed by atoms with Crippen LogP contribution >= 0.6 is 0 Å². The zero-order chi connectivity index (χ0) is 13.4. The molecule has 2 saturated heterocycles. The Kier molecular flexibility index (Phi) is 3.69. The number of sulfone groups is 1. The molecule has 2 aliphatic rings. The Morgan fingerprint density at radius 1 is 1.39 bits per heavy atom. The molecule has 5 nitrogen and oxygen atoms in total. The van der Waals surface area contributed by atoms with Crippen molar-refractivity contribution in [2.24, 2.45) is 5.92 Å². The van der Waals surface area contributed by atoms with Gasteiger partial charge < -0.3 is 10.2 Å². The van der Waals surface area contributed by atoms with Gasteiger partial charge in [0.1, 0.15) is 0 Å². The lowest BCUT2D eigenvalue weighted by Gasteiger charge is -2.39. The summed E-state index contributed by atoms with van der Waals surface area (Å²) in [5.74, 6) is 0.229. The molecule has 0 spiro atoms. The first kappa shape index (κ1) is 13.8. The first-order valence-corrected chi connectivity index (χ1v) is 8.20. The fraction of sp³-hybridized carbons (Fsp3) is 0.917. The molecule has 1 unspecified atom stereocenters. The molecule has 0 aromatic heterocycles. The van der Waals surface area contributed by atoms with Gasteiger partial charge in [-0.15, -0.1) is 0 Å². The molecule has 0 aliphatic carbocycles. The van der Waals surface area contributed by atoms with Crippen LogP contribution in [0, 0.1) is 5.92 Å². The summed E-state index contributed by atoms with van der Waals surface area (Å²) in [6, 6.07) is 0. The molecule has 1 amide bonds. The molecule has 1 N–H and O–H groups in total. The predicted molar refractivity (Wildman–Crippen MR) is 70.0 cm³/mol. The summed E-state index contributed by atoms with van der Waals surface area (Å²) < 4.78 is 23.0. The van der Waals surface area contributed by atoms with Crippen LogP contribution in [0.2, 0.25) is 0 Å². The van der Waals surface area contributed by atoms with E-state index < -0.39 is 14.6 Å². The van der Waals surface area contributed by atoms with Crippen molar-refractivity contribution in [2.75, 3.05) is 31.9 Å². The molecule has 0 aromatic carbocycles. The van der Waals surface area contributed by atoms with Gasteiger partial charge >= 0.3 is 0 Å². The van der Waals surface area contributed by atoms with Crippen LogP contribution in [-0.2, 0) is 14.6 Å². The predicted octanol–water partition coefficient (Wildman–Crippen LogP) is 0.0216. The second-order valence-corrected chi connectivity index (χ2v) is 8.62. The number of carbonyl (C=O) groups is 1. The Morgan fingerprint density at radius 3 is 2.67 bits per heavy atom. The van der Waals surface area contributed by atoms with Gasteiger partial charge in [0.25, 0.3) is 0 Å². The molecular formula is C12H22N2O3S. The first-order chi connectivity index (χ1) is 8.33. The lowest BCUT2D eigenvalue weighted by atomic mass is 9.97. The molecule has 6 heteroatoms. The lowest BCUT2D eigenvalue weighted by Crippen LogP contribution is -2.56. The van der Waals surface area contributed by atoms with Gasteiger partial charge in [-0.25, -0.2) is 8.42 Å². The van der Waals surface area contributed by atoms with E-state index in [2.05, 4.69) is 5.32 Å². The van der Waals surface area contributed by atoms with E-state index in [4.69, 9.17) is 0 Å². The number of carbonyl (C=O) groups excluding carboxylic acids is 1. The van der Waals surface area contributed by atoms with Crippen LogP contribution in [0.25, 0.3) is 0 Å². The zero-order valence-electron chi connectivity index (χ0n) is 11.1. The van der Waals surface area contributed by atoms with Gasteiger partial charge in [-0.1, -0.05) is 0 Å². The summed E-state index contributed by atoms with van der Waals surface area (Å²) in [6.45, 7) is 5.79. The van der Waals surface area contributed by atoms with Crippen LogP contribution < -0.4 is 5.32 Å². The van der Waals surface area contributed by atoms with E-state index in [1.807, 2.05) is 0 Å². The highest BCUT2D eigenvalue weighted by Gasteiger charge is 2.42. The van der Waals surface area contributed by atoms with Gasteiger partial charge in [0.2, 0.25) is 5.91 Å². The first-order valence-electron chi connectivity index (χ1n) is 6.55. The van der Waals surface area contributed by atoms with Crippen molar-refractivity contribution < 1.29 is 13.2 Å². The van der Waals surface area contributed by atoms with Gasteiger partial charge in [0, 0.05) is 19.6 Å². The average Bonchev–Trinajstić information content (AvgIpc) is 2.33. The average molecular weight is 274 g/mol. The summed E-state index contributed by atoms with van der Waals surface area (Å²) >= 11 is 0. The molecule has 0 bridgehead atoms. The van der Waals surface area contributed by atoms with Gasteiger partial charge in [-0.3, -0.25) is 4.79 Å². The van der Waals surface area contributed by atoms with Gasteiger partial charge in [0.15, 0.2) is 9.84 Å². The summed E-state index contributed by atoms with van der Waals surface area (Å²) in [5.41, 5.74) is 0. The maximum Gasteiger partial charge on any atom is 0.227 e. The molecular weight excluding hydrogens is 252 g/mol. The van der Waals surface area contributed by atoms with Crippen LogP contribution in [-0.4, -0.2) is 55.9 Å². The molecule has 18 heavy (non-hydrogen) atoms. The maximum absolute atomic E-state index is 12.3. The number of piperidine rings is 1. The van der Waals surface area contributed by atoms with Crippen molar-refractivity contribution in [3.63, 3.8) is 0 Å². The Morgan fingerprint density at radius 2 is 2.11 bits per heavy atom. The minimum absolute atomic E-state index is 0.0235. The smallest absolute Gasteiger partial charge is 0.227 e. The van der Waals surface area contributed by atoms with E-state index in [9.17, 15) is 13.2 Å². The third-order valence-corrected chi connectivity index (χ3v) is 6.53. The SMILES string of the molecule is CC1(C)CN(C(=O)C2CCCNC2)CCS1(=O)=O. The van der Waals surface area contributed by atoms with E-state index in [0.29, 0.717) is 13.1 Å². The van der Waals surface area contributed by atoms with Gasteiger partial charge in [-0.2, -0.15) is 0 Å². The highest BCUT2D eigenvalue weighted by atomic mass is 32.2. The Balaban J connectivity index is 2.05. The molecule has 104 valence electrons. The summed E-state index contributed by atoms with van der Waals surface area (Å²) in [7, 11) is -3.07. The monoisotopic (exact) mass is 274 g/mol. The molecule has 1 atom stereocenters. The minimum atomic E-state index is -3.07. The third kappa shape index (κ3) is 2.54. The maximum atomic E-state index is 12.3. The molecule has 0 saturated carbocycles. The topological polar surface area (TPSA) is 66.5 Å². The van der Waals surface area contributed by atoms with Gasteiger partial charge in [-0.05, 0) is 33.2 Å². The van der Waals surface area contributed by atoms with Gasteiger partial charge in [0.05, 0.1) is 16.4 Å². The molecule has 0 aromatic rings. The fourth-order valence-electron chi connectivity index (χ4n) is 2.65.